The van der Waals surface area contributed by atoms with E-state index in [-0.39, 0.29) is 12.1 Å². The molecule has 3 aliphatic rings. The molecule has 3 heterocycles. The summed E-state index contributed by atoms with van der Waals surface area (Å²) in [4.78, 5) is 15.7. The number of hydrogen-bond acceptors (Lipinski definition) is 5. The molecule has 0 amide bonds. The summed E-state index contributed by atoms with van der Waals surface area (Å²) >= 11 is 0. The predicted molar refractivity (Wildman–Crippen MR) is 99.6 cm³/mol. The fourth-order valence-electron chi connectivity index (χ4n) is 4.94. The Morgan fingerprint density at radius 1 is 1.11 bits per heavy atom. The number of hydrogen-bond donors (Lipinski definition) is 1. The molecule has 2 saturated heterocycles. The van der Waals surface area contributed by atoms with E-state index in [1.54, 1.807) is 36.4 Å². The zero-order chi connectivity index (χ0) is 18.6. The lowest BCUT2D eigenvalue weighted by molar-refractivity contribution is -0.169. The van der Waals surface area contributed by atoms with Crippen LogP contribution in [-0.2, 0) is 15.1 Å². The van der Waals surface area contributed by atoms with Gasteiger partial charge in [-0.1, -0.05) is 42.8 Å². The van der Waals surface area contributed by atoms with Crippen molar-refractivity contribution in [2.75, 3.05) is 7.05 Å². The number of carbonyl (C=O) groups is 1. The Kier molecular flexibility index (Phi) is 3.78. The van der Waals surface area contributed by atoms with Crippen molar-refractivity contribution >= 4 is 5.97 Å². The first-order valence-corrected chi connectivity index (χ1v) is 9.61. The Morgan fingerprint density at radius 3 is 2.37 bits per heavy atom. The molecule has 5 nitrogen and oxygen atoms in total. The predicted octanol–water partition coefficient (Wildman–Crippen LogP) is 3.20. The highest BCUT2D eigenvalue weighted by Gasteiger charge is 2.51. The van der Waals surface area contributed by atoms with Crippen LogP contribution in [0.5, 0.6) is 11.5 Å². The first-order chi connectivity index (χ1) is 13.1. The molecule has 2 bridgehead atoms. The van der Waals surface area contributed by atoms with Crippen molar-refractivity contribution in [2.45, 2.75) is 49.5 Å². The number of likely N-dealkylation sites (N-methyl/N-ethyl adjacent to an activating group) is 1. The van der Waals surface area contributed by atoms with Crippen molar-refractivity contribution in [3.05, 3.63) is 59.7 Å². The maximum Gasteiger partial charge on any atom is 0.348 e. The second-order valence-electron chi connectivity index (χ2n) is 7.80. The number of esters is 1. The molecule has 0 aliphatic carbocycles. The topological polar surface area (TPSA) is 59.0 Å². The van der Waals surface area contributed by atoms with Gasteiger partial charge in [-0.3, -0.25) is 4.90 Å². The maximum atomic E-state index is 13.4. The van der Waals surface area contributed by atoms with Gasteiger partial charge >= 0.3 is 5.97 Å². The molecule has 2 fully saturated rings. The number of aliphatic hydroxyl groups is 1. The lowest BCUT2D eigenvalue weighted by Gasteiger charge is -2.36. The standard InChI is InChI=1S/C22H23NO4/c1-23-14-7-6-10-17(23)20(13-14)27-21(24)22(25)15-8-2-4-11-18(15)26-19-12-5-3-9-16(19)22/h2-5,8-9,11-12,14,17,20,25H,6-7,10,13H2,1H3. The Morgan fingerprint density at radius 2 is 1.74 bits per heavy atom. The number of piperidine rings is 1. The number of nitrogens with zero attached hydrogens (tertiary/aromatic N) is 1. The summed E-state index contributed by atoms with van der Waals surface area (Å²) in [5.74, 6) is 0.354. The molecule has 0 radical (unpaired) electrons. The van der Waals surface area contributed by atoms with E-state index in [0.29, 0.717) is 28.7 Å². The summed E-state index contributed by atoms with van der Waals surface area (Å²) in [5.41, 5.74) is -0.994. The van der Waals surface area contributed by atoms with E-state index in [0.717, 1.165) is 25.7 Å². The number of fused-ring (bicyclic) bond motifs is 4. The van der Waals surface area contributed by atoms with Crippen molar-refractivity contribution in [1.29, 1.82) is 0 Å². The molecule has 5 heteroatoms. The van der Waals surface area contributed by atoms with Gasteiger partial charge in [-0.2, -0.15) is 0 Å². The zero-order valence-corrected chi connectivity index (χ0v) is 15.3. The average Bonchev–Trinajstić information content (AvgIpc) is 2.85. The van der Waals surface area contributed by atoms with Gasteiger partial charge in [-0.05, 0) is 32.0 Å². The SMILES string of the molecule is CN1C2CCCC1C(OC(=O)C1(O)c3ccccc3Oc3ccccc31)C2. The number of rotatable bonds is 2. The number of carbonyl (C=O) groups excluding carboxylic acids is 1. The van der Waals surface area contributed by atoms with Crippen LogP contribution in [0.15, 0.2) is 48.5 Å². The third-order valence-electron chi connectivity index (χ3n) is 6.40. The Hall–Kier alpha value is -2.37. The molecule has 0 aromatic heterocycles. The zero-order valence-electron chi connectivity index (χ0n) is 15.3. The molecule has 0 saturated carbocycles. The van der Waals surface area contributed by atoms with Crippen LogP contribution in [0.2, 0.25) is 0 Å². The van der Waals surface area contributed by atoms with E-state index in [1.165, 1.54) is 0 Å². The van der Waals surface area contributed by atoms with Gasteiger partial charge in [-0.25, -0.2) is 4.79 Å². The second kappa shape index (κ2) is 6.08. The van der Waals surface area contributed by atoms with Crippen LogP contribution < -0.4 is 4.74 Å². The molecule has 3 atom stereocenters. The smallest absolute Gasteiger partial charge is 0.348 e. The van der Waals surface area contributed by atoms with E-state index >= 15 is 0 Å². The minimum atomic E-state index is -1.86. The average molecular weight is 365 g/mol. The van der Waals surface area contributed by atoms with Crippen LogP contribution in [0.1, 0.15) is 36.8 Å². The minimum absolute atomic E-state index is 0.179. The summed E-state index contributed by atoms with van der Waals surface area (Å²) in [6, 6.07) is 14.9. The van der Waals surface area contributed by atoms with Gasteiger partial charge in [0.25, 0.3) is 0 Å². The molecule has 27 heavy (non-hydrogen) atoms. The van der Waals surface area contributed by atoms with E-state index in [9.17, 15) is 9.90 Å². The fourth-order valence-corrected chi connectivity index (χ4v) is 4.94. The molecule has 5 rings (SSSR count). The largest absolute Gasteiger partial charge is 0.458 e. The third kappa shape index (κ3) is 2.42. The van der Waals surface area contributed by atoms with E-state index in [1.807, 2.05) is 12.1 Å². The van der Waals surface area contributed by atoms with Gasteiger partial charge in [0.2, 0.25) is 5.60 Å². The van der Waals surface area contributed by atoms with Crippen LogP contribution in [0.4, 0.5) is 0 Å². The molecule has 3 aliphatic heterocycles. The lowest BCUT2D eigenvalue weighted by Crippen LogP contribution is -2.45. The summed E-state index contributed by atoms with van der Waals surface area (Å²) in [7, 11) is 2.11. The Balaban J connectivity index is 1.53. The highest BCUT2D eigenvalue weighted by molar-refractivity contribution is 5.88. The molecule has 140 valence electrons. The first kappa shape index (κ1) is 16.8. The quantitative estimate of drug-likeness (QED) is 0.829. The minimum Gasteiger partial charge on any atom is -0.458 e. The van der Waals surface area contributed by atoms with E-state index in [2.05, 4.69) is 11.9 Å². The molecule has 2 aromatic carbocycles. The molecular weight excluding hydrogens is 342 g/mol. The Bertz CT molecular complexity index is 850. The molecule has 1 N–H and O–H groups in total. The van der Waals surface area contributed by atoms with Gasteiger partial charge in [0.05, 0.1) is 0 Å². The second-order valence-corrected chi connectivity index (χ2v) is 7.80. The van der Waals surface area contributed by atoms with Gasteiger partial charge in [0, 0.05) is 29.6 Å². The van der Waals surface area contributed by atoms with E-state index in [4.69, 9.17) is 9.47 Å². The van der Waals surface area contributed by atoms with Crippen molar-refractivity contribution in [2.24, 2.45) is 0 Å². The molecular formula is C22H23NO4. The number of para-hydroxylation sites is 2. The van der Waals surface area contributed by atoms with Crippen molar-refractivity contribution in [3.63, 3.8) is 0 Å². The monoisotopic (exact) mass is 365 g/mol. The molecule has 0 spiro atoms. The van der Waals surface area contributed by atoms with Crippen molar-refractivity contribution < 1.29 is 19.4 Å². The van der Waals surface area contributed by atoms with Crippen molar-refractivity contribution in [3.8, 4) is 11.5 Å². The number of ether oxygens (including phenoxy) is 2. The van der Waals surface area contributed by atoms with Crippen LogP contribution in [0.3, 0.4) is 0 Å². The molecule has 2 aromatic rings. The summed E-state index contributed by atoms with van der Waals surface area (Å²) < 4.78 is 11.9. The number of benzene rings is 2. The normalized spacial score (nSPS) is 28.0. The third-order valence-corrected chi connectivity index (χ3v) is 6.40. The highest BCUT2D eigenvalue weighted by Crippen LogP contribution is 2.48. The lowest BCUT2D eigenvalue weighted by atomic mass is 9.83. The van der Waals surface area contributed by atoms with Gasteiger partial charge in [-0.15, -0.1) is 0 Å². The summed E-state index contributed by atoms with van der Waals surface area (Å²) in [5, 5.41) is 11.6. The van der Waals surface area contributed by atoms with Crippen molar-refractivity contribution in [1.82, 2.24) is 4.90 Å². The van der Waals surface area contributed by atoms with Crippen LogP contribution in [0, 0.1) is 0 Å². The van der Waals surface area contributed by atoms with Crippen LogP contribution >= 0.6 is 0 Å². The summed E-state index contributed by atoms with van der Waals surface area (Å²) in [6.07, 6.45) is 3.99. The highest BCUT2D eigenvalue weighted by atomic mass is 16.6. The first-order valence-electron chi connectivity index (χ1n) is 9.61. The fraction of sp³-hybridized carbons (Fsp3) is 0.409. The maximum absolute atomic E-state index is 13.4. The summed E-state index contributed by atoms with van der Waals surface area (Å²) in [6.45, 7) is 0. The van der Waals surface area contributed by atoms with Crippen LogP contribution in [-0.4, -0.2) is 41.2 Å². The molecule has 3 unspecified atom stereocenters. The van der Waals surface area contributed by atoms with Gasteiger partial charge < -0.3 is 14.6 Å². The van der Waals surface area contributed by atoms with Crippen LogP contribution in [0.25, 0.3) is 0 Å². The Labute approximate surface area is 158 Å². The van der Waals surface area contributed by atoms with E-state index < -0.39 is 11.6 Å². The van der Waals surface area contributed by atoms with Gasteiger partial charge in [0.1, 0.15) is 17.6 Å². The van der Waals surface area contributed by atoms with Gasteiger partial charge in [0.15, 0.2) is 0 Å².